The Morgan fingerprint density at radius 2 is 2.22 bits per heavy atom. The van der Waals surface area contributed by atoms with E-state index in [-0.39, 0.29) is 51.4 Å². The number of nitrogens with zero attached hydrogens (tertiary/aromatic N) is 1. The summed E-state index contributed by atoms with van der Waals surface area (Å²) in [6.45, 7) is 5.69. The summed E-state index contributed by atoms with van der Waals surface area (Å²) in [5.74, 6) is 0. The van der Waals surface area contributed by atoms with Crippen molar-refractivity contribution >= 4 is 0 Å². The van der Waals surface area contributed by atoms with E-state index in [9.17, 15) is 0 Å². The van der Waals surface area contributed by atoms with Crippen LogP contribution in [0.15, 0.2) is 18.3 Å². The predicted octanol–water partition coefficient (Wildman–Crippen LogP) is -1.42. The van der Waals surface area contributed by atoms with Gasteiger partial charge in [0.2, 0.25) is 0 Å². The minimum atomic E-state index is 0. The van der Waals surface area contributed by atoms with Gasteiger partial charge in [-0.05, 0) is 0 Å². The largest absolute Gasteiger partial charge is 1.00 e. The quantitative estimate of drug-likeness (QED) is 0.322. The normalized spacial score (nSPS) is 8.11. The van der Waals surface area contributed by atoms with Gasteiger partial charge >= 0.3 is 51.4 Å². The van der Waals surface area contributed by atoms with E-state index in [1.807, 2.05) is 19.1 Å². The van der Waals surface area contributed by atoms with E-state index in [1.165, 1.54) is 5.56 Å². The second kappa shape index (κ2) is 4.47. The van der Waals surface area contributed by atoms with Crippen molar-refractivity contribution in [2.45, 2.75) is 6.92 Å². The van der Waals surface area contributed by atoms with Gasteiger partial charge in [-0.3, -0.25) is 4.98 Å². The van der Waals surface area contributed by atoms with E-state index >= 15 is 0 Å². The molecule has 0 spiro atoms. The number of aryl methyl sites for hydroxylation is 1. The Morgan fingerprint density at radius 1 is 1.56 bits per heavy atom. The van der Waals surface area contributed by atoms with Crippen molar-refractivity contribution in [3.05, 3.63) is 36.5 Å². The Kier molecular flexibility index (Phi) is 4.79. The number of hydrogen-bond acceptors (Lipinski definition) is 1. The van der Waals surface area contributed by atoms with E-state index in [0.717, 1.165) is 5.69 Å². The van der Waals surface area contributed by atoms with E-state index < -0.39 is 0 Å². The molecule has 1 nitrogen and oxygen atoms in total. The average Bonchev–Trinajstić information content (AvgIpc) is 1.64. The molecule has 0 saturated carbocycles. The Bertz CT molecular complexity index is 169. The third kappa shape index (κ3) is 3.38. The van der Waals surface area contributed by atoms with Crippen LogP contribution < -0.4 is 51.4 Å². The average molecular weight is 145 g/mol. The van der Waals surface area contributed by atoms with Gasteiger partial charge in [0.15, 0.2) is 0 Å². The molecule has 0 aliphatic carbocycles. The first kappa shape index (κ1) is 9.66. The Morgan fingerprint density at radius 3 is 2.56 bits per heavy atom. The van der Waals surface area contributed by atoms with E-state index in [2.05, 4.69) is 11.9 Å². The minimum absolute atomic E-state index is 0. The molecule has 0 fully saturated rings. The molecule has 2 heteroatoms. The van der Waals surface area contributed by atoms with Crippen molar-refractivity contribution in [2.24, 2.45) is 0 Å². The molecule has 0 saturated heterocycles. The molecule has 1 rings (SSSR count). The Labute approximate surface area is 98.3 Å². The van der Waals surface area contributed by atoms with Crippen molar-refractivity contribution < 1.29 is 51.4 Å². The molecule has 0 atom stereocenters. The summed E-state index contributed by atoms with van der Waals surface area (Å²) in [4.78, 5) is 3.93. The fourth-order valence-corrected chi connectivity index (χ4v) is 0.599. The van der Waals surface area contributed by atoms with Gasteiger partial charge in [-0.25, -0.2) is 6.92 Å². The van der Waals surface area contributed by atoms with E-state index in [4.69, 9.17) is 0 Å². The number of aromatic nitrogens is 1. The first-order valence-electron chi connectivity index (χ1n) is 2.53. The molecule has 0 bridgehead atoms. The maximum Gasteiger partial charge on any atom is 1.00 e. The molecule has 0 aliphatic heterocycles. The predicted molar refractivity (Wildman–Crippen MR) is 33.4 cm³/mol. The topological polar surface area (TPSA) is 12.9 Å². The van der Waals surface area contributed by atoms with Crippen LogP contribution in [-0.4, -0.2) is 4.98 Å². The van der Waals surface area contributed by atoms with Crippen LogP contribution in [-0.2, 0) is 0 Å². The zero-order valence-corrected chi connectivity index (χ0v) is 9.01. The van der Waals surface area contributed by atoms with Gasteiger partial charge in [0.1, 0.15) is 0 Å². The van der Waals surface area contributed by atoms with Crippen molar-refractivity contribution in [3.8, 4) is 0 Å². The molecule has 0 unspecified atom stereocenters. The fourth-order valence-electron chi connectivity index (χ4n) is 0.599. The number of rotatable bonds is 0. The monoisotopic (exact) mass is 145 g/mol. The molecule has 0 radical (unpaired) electrons. The molecule has 0 aliphatic rings. The van der Waals surface area contributed by atoms with Gasteiger partial charge in [-0.15, -0.1) is 11.3 Å². The number of hydrogen-bond donors (Lipinski definition) is 0. The maximum atomic E-state index is 3.93. The zero-order valence-electron chi connectivity index (χ0n) is 5.89. The van der Waals surface area contributed by atoms with E-state index in [1.54, 1.807) is 6.20 Å². The molecule has 9 heavy (non-hydrogen) atoms. The molecule has 1 aromatic rings. The summed E-state index contributed by atoms with van der Waals surface area (Å²) in [6, 6.07) is 3.90. The van der Waals surface area contributed by atoms with Crippen LogP contribution in [0.4, 0.5) is 0 Å². The van der Waals surface area contributed by atoms with Crippen molar-refractivity contribution in [1.29, 1.82) is 0 Å². The summed E-state index contributed by atoms with van der Waals surface area (Å²) >= 11 is 0. The number of pyridine rings is 1. The van der Waals surface area contributed by atoms with Crippen LogP contribution in [0.2, 0.25) is 0 Å². The minimum Gasteiger partial charge on any atom is -0.296 e. The Balaban J connectivity index is 0.000000640. The first-order valence-corrected chi connectivity index (χ1v) is 2.53. The van der Waals surface area contributed by atoms with Crippen LogP contribution in [0.25, 0.3) is 0 Å². The summed E-state index contributed by atoms with van der Waals surface area (Å²) in [5.41, 5.74) is 2.05. The fraction of sp³-hybridized carbons (Fsp3) is 0.143. The maximum absolute atomic E-state index is 3.93. The first-order chi connectivity index (χ1) is 3.79. The molecule has 1 heterocycles. The second-order valence-electron chi connectivity index (χ2n) is 1.82. The summed E-state index contributed by atoms with van der Waals surface area (Å²) in [5, 5.41) is 0. The Hall–Kier alpha value is 0.656. The molecule has 0 N–H and O–H groups in total. The van der Waals surface area contributed by atoms with Gasteiger partial charge in [0, 0.05) is 6.20 Å². The SMILES string of the molecule is [CH2-]c1cc(C)ccn1.[K+]. The van der Waals surface area contributed by atoms with Crippen molar-refractivity contribution in [3.63, 3.8) is 0 Å². The van der Waals surface area contributed by atoms with E-state index in [0.29, 0.717) is 0 Å². The van der Waals surface area contributed by atoms with Gasteiger partial charge in [-0.2, -0.15) is 6.07 Å². The molecular formula is C7H8KN. The summed E-state index contributed by atoms with van der Waals surface area (Å²) in [7, 11) is 0. The van der Waals surface area contributed by atoms with Crippen LogP contribution in [0.3, 0.4) is 0 Å². The van der Waals surface area contributed by atoms with Gasteiger partial charge in [0.05, 0.1) is 0 Å². The van der Waals surface area contributed by atoms with Gasteiger partial charge in [-0.1, -0.05) is 13.0 Å². The van der Waals surface area contributed by atoms with Gasteiger partial charge < -0.3 is 0 Å². The van der Waals surface area contributed by atoms with Crippen LogP contribution >= 0.6 is 0 Å². The summed E-state index contributed by atoms with van der Waals surface area (Å²) < 4.78 is 0. The van der Waals surface area contributed by atoms with Crippen molar-refractivity contribution in [1.82, 2.24) is 4.98 Å². The van der Waals surface area contributed by atoms with Crippen LogP contribution in [0.1, 0.15) is 11.3 Å². The molecule has 0 aromatic carbocycles. The standard InChI is InChI=1S/C7H8N.K/c1-6-3-4-8-7(2)5-6;/h3-5H,2H2,1H3;/q-1;+1. The molecular weight excluding hydrogens is 137 g/mol. The molecule has 0 amide bonds. The molecule has 1 aromatic heterocycles. The molecule has 42 valence electrons. The zero-order chi connectivity index (χ0) is 5.98. The van der Waals surface area contributed by atoms with Crippen LogP contribution in [0, 0.1) is 13.8 Å². The third-order valence-electron chi connectivity index (χ3n) is 0.972. The van der Waals surface area contributed by atoms with Crippen LogP contribution in [0.5, 0.6) is 0 Å². The summed E-state index contributed by atoms with van der Waals surface area (Å²) in [6.07, 6.45) is 1.76. The second-order valence-corrected chi connectivity index (χ2v) is 1.82. The third-order valence-corrected chi connectivity index (χ3v) is 0.972. The smallest absolute Gasteiger partial charge is 0.296 e. The van der Waals surface area contributed by atoms with Crippen molar-refractivity contribution in [2.75, 3.05) is 0 Å². The van der Waals surface area contributed by atoms with Gasteiger partial charge in [0.25, 0.3) is 0 Å².